The fourth-order valence-electron chi connectivity index (χ4n) is 4.51. The number of benzene rings is 2. The van der Waals surface area contributed by atoms with Crippen molar-refractivity contribution in [1.29, 1.82) is 0 Å². The second-order valence-electron chi connectivity index (χ2n) is 9.00. The number of hydrogen-bond acceptors (Lipinski definition) is 5. The lowest BCUT2D eigenvalue weighted by molar-refractivity contribution is -0.127. The van der Waals surface area contributed by atoms with Crippen molar-refractivity contribution >= 4 is 39.6 Å². The minimum Gasteiger partial charge on any atom is -0.347 e. The van der Waals surface area contributed by atoms with Gasteiger partial charge in [-0.05, 0) is 55.1 Å². The summed E-state index contributed by atoms with van der Waals surface area (Å²) in [4.78, 5) is 37.1. The summed E-state index contributed by atoms with van der Waals surface area (Å²) in [5, 5.41) is 7.00. The molecule has 2 atom stereocenters. The van der Waals surface area contributed by atoms with Gasteiger partial charge in [0.1, 0.15) is 6.67 Å². The van der Waals surface area contributed by atoms with E-state index in [0.717, 1.165) is 25.9 Å². The van der Waals surface area contributed by atoms with Gasteiger partial charge in [-0.2, -0.15) is 4.31 Å². The molecule has 3 rings (SSSR count). The molecule has 1 aliphatic heterocycles. The molecule has 1 fully saturated rings. The van der Waals surface area contributed by atoms with Gasteiger partial charge in [0.05, 0.1) is 19.6 Å². The lowest BCUT2D eigenvalue weighted by atomic mass is 9.93. The number of alkyl halides is 1. The molecule has 2 aromatic carbocycles. The van der Waals surface area contributed by atoms with Crippen LogP contribution in [0.5, 0.6) is 0 Å². The highest BCUT2D eigenvalue weighted by Crippen LogP contribution is 2.31. The van der Waals surface area contributed by atoms with Crippen LogP contribution in [0.1, 0.15) is 31.4 Å². The van der Waals surface area contributed by atoms with E-state index < -0.39 is 48.6 Å². The molecular formula is C25H33FN4O5S. The van der Waals surface area contributed by atoms with E-state index in [1.807, 2.05) is 12.1 Å². The van der Waals surface area contributed by atoms with E-state index in [1.54, 1.807) is 0 Å². The van der Waals surface area contributed by atoms with Gasteiger partial charge >= 0.3 is 0 Å². The Morgan fingerprint density at radius 1 is 1.08 bits per heavy atom. The molecule has 0 radical (unpaired) electrons. The molecule has 0 saturated carbocycles. The molecule has 1 saturated heterocycles. The van der Waals surface area contributed by atoms with Gasteiger partial charge in [0, 0.05) is 12.6 Å². The quantitative estimate of drug-likeness (QED) is 0.368. The summed E-state index contributed by atoms with van der Waals surface area (Å²) in [5.41, 5.74) is 1.28. The first kappa shape index (κ1) is 27.9. The number of carbonyl (C=O) groups is 3. The molecule has 1 aliphatic rings. The maximum atomic E-state index is 12.2. The van der Waals surface area contributed by atoms with E-state index in [0.29, 0.717) is 0 Å². The number of Topliss-reactive ketones (excluding diaryl/α,β-unsaturated/α-hetero) is 1. The van der Waals surface area contributed by atoms with E-state index >= 15 is 0 Å². The van der Waals surface area contributed by atoms with Crippen LogP contribution in [0.4, 0.5) is 4.39 Å². The van der Waals surface area contributed by atoms with Crippen LogP contribution in [-0.4, -0.2) is 81.5 Å². The minimum atomic E-state index is -2.34. The highest BCUT2D eigenvalue weighted by atomic mass is 32.2. The van der Waals surface area contributed by atoms with Crippen LogP contribution in [0.3, 0.4) is 0 Å². The average molecular weight is 521 g/mol. The van der Waals surface area contributed by atoms with Gasteiger partial charge in [-0.15, -0.1) is 0 Å². The maximum absolute atomic E-state index is 12.2. The molecule has 36 heavy (non-hydrogen) atoms. The van der Waals surface area contributed by atoms with E-state index in [4.69, 9.17) is 0 Å². The number of halogens is 1. The molecule has 2 unspecified atom stereocenters. The Morgan fingerprint density at radius 2 is 1.75 bits per heavy atom. The number of nitrogens with zero attached hydrogens (tertiary/aromatic N) is 2. The van der Waals surface area contributed by atoms with Gasteiger partial charge in [-0.25, -0.2) is 8.60 Å². The number of fused-ring (bicyclic) bond motifs is 1. The van der Waals surface area contributed by atoms with Crippen LogP contribution in [0, 0.1) is 5.92 Å². The first-order valence-electron chi connectivity index (χ1n) is 12.0. The van der Waals surface area contributed by atoms with Crippen molar-refractivity contribution in [1.82, 2.24) is 19.8 Å². The predicted octanol–water partition coefficient (Wildman–Crippen LogP) is 1.82. The monoisotopic (exact) mass is 520 g/mol. The Hall–Kier alpha value is -2.73. The van der Waals surface area contributed by atoms with Crippen molar-refractivity contribution in [2.75, 3.05) is 45.9 Å². The Labute approximate surface area is 212 Å². The lowest BCUT2D eigenvalue weighted by Crippen LogP contribution is -2.45. The average Bonchev–Trinajstić information content (AvgIpc) is 2.89. The number of amides is 2. The first-order valence-corrected chi connectivity index (χ1v) is 13.0. The van der Waals surface area contributed by atoms with Crippen molar-refractivity contribution in [2.45, 2.75) is 25.8 Å². The second kappa shape index (κ2) is 13.5. The second-order valence-corrected chi connectivity index (χ2v) is 9.98. The Balaban J connectivity index is 1.47. The zero-order chi connectivity index (χ0) is 26.1. The normalized spacial score (nSPS) is 16.6. The largest absolute Gasteiger partial charge is 0.347 e. The first-order chi connectivity index (χ1) is 17.3. The number of nitrogens with one attached hydrogen (secondary N) is 2. The molecule has 11 heteroatoms. The molecule has 196 valence electrons. The van der Waals surface area contributed by atoms with Gasteiger partial charge < -0.3 is 10.6 Å². The fourth-order valence-corrected chi connectivity index (χ4v) is 5.07. The third kappa shape index (κ3) is 7.89. The number of carbonyl (C=O) groups excluding carboxylic acids is 3. The summed E-state index contributed by atoms with van der Waals surface area (Å²) in [7, 11) is 0. The number of rotatable bonds is 12. The number of hydrogen-bond donors (Lipinski definition) is 3. The van der Waals surface area contributed by atoms with Crippen molar-refractivity contribution in [3.05, 3.63) is 48.0 Å². The molecule has 0 aliphatic carbocycles. The Bertz CT molecular complexity index is 1090. The van der Waals surface area contributed by atoms with Crippen molar-refractivity contribution in [3.63, 3.8) is 0 Å². The molecular weight excluding hydrogens is 487 g/mol. The summed E-state index contributed by atoms with van der Waals surface area (Å²) in [5.74, 6) is -1.85. The molecule has 0 aromatic heterocycles. The summed E-state index contributed by atoms with van der Waals surface area (Å²) >= 11 is -2.34. The highest BCUT2D eigenvalue weighted by molar-refractivity contribution is 7.76. The van der Waals surface area contributed by atoms with E-state index in [1.165, 1.54) is 20.6 Å². The van der Waals surface area contributed by atoms with Gasteiger partial charge in [-0.1, -0.05) is 42.5 Å². The maximum Gasteiger partial charge on any atom is 0.239 e. The predicted molar refractivity (Wildman–Crippen MR) is 136 cm³/mol. The summed E-state index contributed by atoms with van der Waals surface area (Å²) in [6, 6.07) is 14.9. The molecule has 3 N–H and O–H groups in total. The van der Waals surface area contributed by atoms with Crippen molar-refractivity contribution < 1.29 is 27.5 Å². The lowest BCUT2D eigenvalue weighted by Gasteiger charge is -2.37. The van der Waals surface area contributed by atoms with Crippen LogP contribution in [0.2, 0.25) is 0 Å². The van der Waals surface area contributed by atoms with Crippen LogP contribution in [-0.2, 0) is 25.7 Å². The fraction of sp³-hybridized carbons (Fsp3) is 0.480. The molecule has 0 bridgehead atoms. The highest BCUT2D eigenvalue weighted by Gasteiger charge is 2.27. The summed E-state index contributed by atoms with van der Waals surface area (Å²) in [6.07, 6.45) is 1.66. The summed E-state index contributed by atoms with van der Waals surface area (Å²) < 4.78 is 34.8. The Morgan fingerprint density at radius 3 is 2.44 bits per heavy atom. The summed E-state index contributed by atoms with van der Waals surface area (Å²) in [6.45, 7) is 1.78. The van der Waals surface area contributed by atoms with Crippen molar-refractivity contribution in [2.24, 2.45) is 5.92 Å². The molecule has 0 spiro atoms. The number of piperidine rings is 1. The van der Waals surface area contributed by atoms with Crippen molar-refractivity contribution in [3.8, 4) is 0 Å². The van der Waals surface area contributed by atoms with Crippen LogP contribution in [0.25, 0.3) is 10.8 Å². The van der Waals surface area contributed by atoms with Gasteiger partial charge in [0.25, 0.3) is 0 Å². The SMILES string of the molecule is CC(c1cccc2ccccc12)N1CCC(CN(CC(=O)NCC(=O)NCC(=O)CF)S(=O)O)CC1. The topological polar surface area (TPSA) is 119 Å². The van der Waals surface area contributed by atoms with E-state index in [-0.39, 0.29) is 25.0 Å². The van der Waals surface area contributed by atoms with Crippen LogP contribution in [0.15, 0.2) is 42.5 Å². The smallest absolute Gasteiger partial charge is 0.239 e. The third-order valence-corrected chi connectivity index (χ3v) is 7.27. The van der Waals surface area contributed by atoms with E-state index in [2.05, 4.69) is 52.8 Å². The van der Waals surface area contributed by atoms with Crippen LogP contribution >= 0.6 is 0 Å². The van der Waals surface area contributed by atoms with Crippen LogP contribution < -0.4 is 10.6 Å². The zero-order valence-corrected chi connectivity index (χ0v) is 21.1. The van der Waals surface area contributed by atoms with E-state index in [9.17, 15) is 27.5 Å². The minimum absolute atomic E-state index is 0.153. The van der Waals surface area contributed by atoms with Gasteiger partial charge in [-0.3, -0.25) is 23.8 Å². The zero-order valence-electron chi connectivity index (χ0n) is 20.3. The van der Waals surface area contributed by atoms with Gasteiger partial charge in [0.15, 0.2) is 5.78 Å². The number of ketones is 1. The molecule has 1 heterocycles. The molecule has 2 amide bonds. The standard InChI is InChI=1S/C25H33FN4O5S/c1-18(22-8-4-6-20-5-2-3-7-23(20)22)29-11-9-19(10-12-29)16-30(36(34)35)17-25(33)28-15-24(32)27-14-21(31)13-26/h2-8,18-19H,9-17H2,1H3,(H,27,32)(H,28,33)(H,34,35). The molecule has 9 nitrogen and oxygen atoms in total. The Kier molecular flexibility index (Phi) is 10.5. The number of likely N-dealkylation sites (tertiary alicyclic amines) is 1. The molecule has 2 aromatic rings. The third-order valence-electron chi connectivity index (χ3n) is 6.55. The van der Waals surface area contributed by atoms with Gasteiger partial charge in [0.2, 0.25) is 23.1 Å².